The van der Waals surface area contributed by atoms with Gasteiger partial charge in [0.2, 0.25) is 0 Å². The van der Waals surface area contributed by atoms with E-state index in [4.69, 9.17) is 21.1 Å². The van der Waals surface area contributed by atoms with E-state index < -0.39 is 17.7 Å². The van der Waals surface area contributed by atoms with E-state index >= 15 is 0 Å². The van der Waals surface area contributed by atoms with Crippen LogP contribution in [0.3, 0.4) is 0 Å². The highest BCUT2D eigenvalue weighted by Gasteiger charge is 2.33. The van der Waals surface area contributed by atoms with E-state index in [0.29, 0.717) is 11.3 Å². The highest BCUT2D eigenvalue weighted by molar-refractivity contribution is 7.98. The van der Waals surface area contributed by atoms with Gasteiger partial charge in [-0.15, -0.1) is 11.8 Å². The van der Waals surface area contributed by atoms with E-state index in [-0.39, 0.29) is 18.2 Å². The predicted molar refractivity (Wildman–Crippen MR) is 133 cm³/mol. The van der Waals surface area contributed by atoms with Gasteiger partial charge in [-0.1, -0.05) is 29.8 Å². The lowest BCUT2D eigenvalue weighted by atomic mass is 10.1. The van der Waals surface area contributed by atoms with Crippen LogP contribution in [0.1, 0.15) is 34.2 Å². The number of fused-ring (bicyclic) bond motifs is 1. The van der Waals surface area contributed by atoms with Crippen molar-refractivity contribution in [2.45, 2.75) is 42.7 Å². The molecule has 36 heavy (non-hydrogen) atoms. The number of halogens is 4. The second-order valence-corrected chi connectivity index (χ2v) is 9.69. The molecule has 0 radical (unpaired) electrons. The number of carbonyl (C=O) groups is 1. The highest BCUT2D eigenvalue weighted by atomic mass is 35.5. The van der Waals surface area contributed by atoms with Crippen molar-refractivity contribution < 1.29 is 32.2 Å². The third-order valence-electron chi connectivity index (χ3n) is 5.83. The van der Waals surface area contributed by atoms with Gasteiger partial charge in [0.15, 0.2) is 6.61 Å². The number of methoxy groups -OCH3 is 1. The summed E-state index contributed by atoms with van der Waals surface area (Å²) in [4.78, 5) is 12.6. The Labute approximate surface area is 216 Å². The van der Waals surface area contributed by atoms with Gasteiger partial charge in [-0.2, -0.15) is 13.2 Å². The minimum atomic E-state index is -4.51. The summed E-state index contributed by atoms with van der Waals surface area (Å²) >= 11 is 7.40. The molecule has 1 aliphatic carbocycles. The Morgan fingerprint density at radius 3 is 2.42 bits per heavy atom. The van der Waals surface area contributed by atoms with Crippen molar-refractivity contribution >= 4 is 29.3 Å². The molecule has 0 spiro atoms. The normalized spacial score (nSPS) is 12.8. The average molecular weight is 537 g/mol. The van der Waals surface area contributed by atoms with Crippen LogP contribution < -0.4 is 9.47 Å². The summed E-state index contributed by atoms with van der Waals surface area (Å²) in [6.07, 6.45) is -1.57. The molecule has 0 saturated carbocycles. The maximum absolute atomic E-state index is 13.1. The predicted octanol–water partition coefficient (Wildman–Crippen LogP) is 7.27. The molecular weight excluding hydrogens is 513 g/mol. The summed E-state index contributed by atoms with van der Waals surface area (Å²) in [6, 6.07) is 15.2. The second-order valence-electron chi connectivity index (χ2n) is 8.27. The SMILES string of the molecule is COC(=O)COc1ccc(SCc2ccc(OCc3ccc(Cl)c(C(F)(F)F)c3)cc2)c2c1CCC2. The van der Waals surface area contributed by atoms with Crippen molar-refractivity contribution in [1.82, 2.24) is 0 Å². The fourth-order valence-corrected chi connectivity index (χ4v) is 5.30. The molecule has 0 N–H and O–H groups in total. The number of thioether (sulfide) groups is 1. The number of carbonyl (C=O) groups excluding carboxylic acids is 1. The lowest BCUT2D eigenvalue weighted by molar-refractivity contribution is -0.143. The molecule has 0 bridgehead atoms. The fourth-order valence-electron chi connectivity index (χ4n) is 4.00. The zero-order valence-corrected chi connectivity index (χ0v) is 21.1. The molecule has 3 aromatic carbocycles. The van der Waals surface area contributed by atoms with Gasteiger partial charge >= 0.3 is 12.1 Å². The minimum absolute atomic E-state index is 0.00484. The maximum Gasteiger partial charge on any atom is 0.417 e. The van der Waals surface area contributed by atoms with E-state index in [1.807, 2.05) is 36.4 Å². The minimum Gasteiger partial charge on any atom is -0.489 e. The molecule has 0 atom stereocenters. The van der Waals surface area contributed by atoms with Crippen LogP contribution in [-0.4, -0.2) is 19.7 Å². The molecule has 0 amide bonds. The van der Waals surface area contributed by atoms with E-state index in [0.717, 1.165) is 48.0 Å². The number of ether oxygens (including phenoxy) is 3. The first kappa shape index (κ1) is 26.2. The maximum atomic E-state index is 13.1. The number of benzene rings is 3. The van der Waals surface area contributed by atoms with Crippen LogP contribution in [0.25, 0.3) is 0 Å². The molecule has 0 heterocycles. The van der Waals surface area contributed by atoms with Crippen molar-refractivity contribution in [3.63, 3.8) is 0 Å². The van der Waals surface area contributed by atoms with Crippen LogP contribution in [0.2, 0.25) is 5.02 Å². The van der Waals surface area contributed by atoms with Gasteiger partial charge in [0, 0.05) is 10.6 Å². The molecule has 0 saturated heterocycles. The van der Waals surface area contributed by atoms with Crippen LogP contribution in [-0.2, 0) is 40.9 Å². The summed E-state index contributed by atoms with van der Waals surface area (Å²) in [5.41, 5.74) is 3.04. The fraction of sp³-hybridized carbons (Fsp3) is 0.296. The summed E-state index contributed by atoms with van der Waals surface area (Å²) in [5, 5.41) is -0.331. The van der Waals surface area contributed by atoms with Gasteiger partial charge in [0.1, 0.15) is 18.1 Å². The Balaban J connectivity index is 1.34. The molecule has 9 heteroatoms. The van der Waals surface area contributed by atoms with Crippen molar-refractivity contribution in [3.8, 4) is 11.5 Å². The summed E-state index contributed by atoms with van der Waals surface area (Å²) in [7, 11) is 1.33. The first-order valence-electron chi connectivity index (χ1n) is 11.3. The largest absolute Gasteiger partial charge is 0.489 e. The van der Waals surface area contributed by atoms with Gasteiger partial charge in [0.25, 0.3) is 0 Å². The number of hydrogen-bond donors (Lipinski definition) is 0. The van der Waals surface area contributed by atoms with E-state index in [1.54, 1.807) is 11.8 Å². The van der Waals surface area contributed by atoms with Crippen molar-refractivity contribution in [2.24, 2.45) is 0 Å². The lowest BCUT2D eigenvalue weighted by Crippen LogP contribution is -2.13. The molecule has 0 fully saturated rings. The van der Waals surface area contributed by atoms with E-state index in [2.05, 4.69) is 4.74 Å². The highest BCUT2D eigenvalue weighted by Crippen LogP contribution is 2.39. The second kappa shape index (κ2) is 11.5. The zero-order chi connectivity index (χ0) is 25.7. The third-order valence-corrected chi connectivity index (χ3v) is 7.33. The molecule has 190 valence electrons. The number of alkyl halides is 3. The molecule has 0 aliphatic heterocycles. The summed E-state index contributed by atoms with van der Waals surface area (Å²) in [5.74, 6) is 1.65. The van der Waals surface area contributed by atoms with Crippen LogP contribution >= 0.6 is 23.4 Å². The monoisotopic (exact) mass is 536 g/mol. The Bertz CT molecular complexity index is 1230. The molecule has 4 rings (SSSR count). The Hall–Kier alpha value is -2.84. The van der Waals surface area contributed by atoms with Gasteiger partial charge in [-0.05, 0) is 77.9 Å². The number of rotatable bonds is 9. The third kappa shape index (κ3) is 6.48. The van der Waals surface area contributed by atoms with Gasteiger partial charge in [-0.25, -0.2) is 4.79 Å². The van der Waals surface area contributed by atoms with Gasteiger partial charge in [-0.3, -0.25) is 0 Å². The lowest BCUT2D eigenvalue weighted by Gasteiger charge is -2.14. The van der Waals surface area contributed by atoms with Crippen LogP contribution in [0.15, 0.2) is 59.5 Å². The Kier molecular flexibility index (Phi) is 8.36. The number of esters is 1. The summed E-state index contributed by atoms with van der Waals surface area (Å²) < 4.78 is 55.1. The standard InChI is InChI=1S/C27H24ClF3O4S/c1-33-26(32)15-35-24-11-12-25(21-4-2-3-20(21)24)36-16-17-5-8-19(9-6-17)34-14-18-7-10-23(28)22(13-18)27(29,30)31/h5-13H,2-4,14-16H2,1H3. The van der Waals surface area contributed by atoms with Crippen LogP contribution in [0.5, 0.6) is 11.5 Å². The van der Waals surface area contributed by atoms with E-state index in [9.17, 15) is 18.0 Å². The molecule has 0 aromatic heterocycles. The van der Waals surface area contributed by atoms with Crippen molar-refractivity contribution in [3.05, 3.63) is 87.4 Å². The van der Waals surface area contributed by atoms with Crippen LogP contribution in [0.4, 0.5) is 13.2 Å². The quantitative estimate of drug-likeness (QED) is 0.212. The molecule has 3 aromatic rings. The van der Waals surface area contributed by atoms with Gasteiger partial charge < -0.3 is 14.2 Å². The van der Waals surface area contributed by atoms with Crippen LogP contribution in [0, 0.1) is 0 Å². The topological polar surface area (TPSA) is 44.8 Å². The van der Waals surface area contributed by atoms with Gasteiger partial charge in [0.05, 0.1) is 17.7 Å². The van der Waals surface area contributed by atoms with Crippen molar-refractivity contribution in [2.75, 3.05) is 13.7 Å². The molecule has 4 nitrogen and oxygen atoms in total. The number of hydrogen-bond acceptors (Lipinski definition) is 5. The zero-order valence-electron chi connectivity index (χ0n) is 19.5. The molecule has 1 aliphatic rings. The van der Waals surface area contributed by atoms with E-state index in [1.165, 1.54) is 29.7 Å². The average Bonchev–Trinajstić information content (AvgIpc) is 3.36. The Morgan fingerprint density at radius 2 is 1.69 bits per heavy atom. The van der Waals surface area contributed by atoms with Crippen molar-refractivity contribution in [1.29, 1.82) is 0 Å². The first-order valence-corrected chi connectivity index (χ1v) is 12.7. The Morgan fingerprint density at radius 1 is 0.972 bits per heavy atom. The summed E-state index contributed by atoms with van der Waals surface area (Å²) in [6.45, 7) is -0.101. The molecule has 0 unspecified atom stereocenters. The molecular formula is C27H24ClF3O4S. The first-order chi connectivity index (χ1) is 17.2. The smallest absolute Gasteiger partial charge is 0.417 e.